The maximum Gasteiger partial charge on any atom is 0.0541 e. The Morgan fingerprint density at radius 3 is 1.41 bits per heavy atom. The minimum atomic E-state index is 1.10. The van der Waals surface area contributed by atoms with E-state index in [0.717, 1.165) is 6.42 Å². The molecule has 152 valence electrons. The number of nitrogens with zero attached hydrogens (tertiary/aromatic N) is 1. The number of hydrogen-bond acceptors (Lipinski definition) is 0. The smallest absolute Gasteiger partial charge is 0.0541 e. The van der Waals surface area contributed by atoms with Gasteiger partial charge in [-0.2, -0.15) is 0 Å². The van der Waals surface area contributed by atoms with Gasteiger partial charge < -0.3 is 4.57 Å². The summed E-state index contributed by atoms with van der Waals surface area (Å²) in [5, 5.41) is 2.61. The van der Waals surface area contributed by atoms with Crippen molar-refractivity contribution < 1.29 is 0 Å². The van der Waals surface area contributed by atoms with Crippen LogP contribution in [-0.2, 0) is 6.42 Å². The van der Waals surface area contributed by atoms with Crippen molar-refractivity contribution in [3.05, 3.63) is 139 Å². The summed E-state index contributed by atoms with van der Waals surface area (Å²) in [5.74, 6) is 0. The van der Waals surface area contributed by atoms with Crippen LogP contribution in [0.25, 0.3) is 38.6 Å². The molecule has 1 aromatic heterocycles. The van der Waals surface area contributed by atoms with Crippen LogP contribution in [0.1, 0.15) is 11.1 Å². The predicted molar refractivity (Wildman–Crippen MR) is 135 cm³/mol. The third-order valence-electron chi connectivity index (χ3n) is 6.30. The average Bonchev–Trinajstić information content (AvgIpc) is 3.41. The molecule has 0 N–H and O–H groups in total. The lowest BCUT2D eigenvalue weighted by Gasteiger charge is -2.06. The summed E-state index contributed by atoms with van der Waals surface area (Å²) in [6.07, 6.45) is 1.10. The van der Waals surface area contributed by atoms with Gasteiger partial charge in [0.05, 0.1) is 11.0 Å². The van der Waals surface area contributed by atoms with Gasteiger partial charge in [-0.3, -0.25) is 0 Å². The van der Waals surface area contributed by atoms with E-state index in [1.165, 1.54) is 49.7 Å². The van der Waals surface area contributed by atoms with Gasteiger partial charge in [0, 0.05) is 16.5 Å². The molecule has 1 aliphatic rings. The molecule has 0 amide bonds. The zero-order valence-corrected chi connectivity index (χ0v) is 17.8. The molecule has 0 saturated heterocycles. The van der Waals surface area contributed by atoms with Gasteiger partial charge in [-0.15, -0.1) is 0 Å². The van der Waals surface area contributed by atoms with Gasteiger partial charge in [0.25, 0.3) is 0 Å². The standard InChI is InChI=1S/C18H13N.C13H10/c1-2-8-14(9-3-1)19-17-12-6-4-10-15(17)16-11-5-7-13-18(16)19;1-3-7-12-10(5-1)9-11-6-2-4-8-13(11)12/h1-13H;1-8H,9H2. The first-order chi connectivity index (χ1) is 15.9. The third kappa shape index (κ3) is 3.11. The average molecular weight is 410 g/mol. The molecule has 0 spiro atoms. The van der Waals surface area contributed by atoms with Crippen molar-refractivity contribution in [3.63, 3.8) is 0 Å². The Bertz CT molecular complexity index is 1440. The van der Waals surface area contributed by atoms with E-state index in [9.17, 15) is 0 Å². The van der Waals surface area contributed by atoms with Crippen molar-refractivity contribution in [2.24, 2.45) is 0 Å². The van der Waals surface area contributed by atoms with Crippen molar-refractivity contribution >= 4 is 21.8 Å². The molecule has 0 aliphatic heterocycles. The first-order valence-electron chi connectivity index (χ1n) is 11.1. The molecule has 0 saturated carbocycles. The molecular weight excluding hydrogens is 386 g/mol. The van der Waals surface area contributed by atoms with Crippen LogP contribution in [0.3, 0.4) is 0 Å². The highest BCUT2D eigenvalue weighted by Crippen LogP contribution is 2.35. The highest BCUT2D eigenvalue weighted by atomic mass is 15.0. The number of hydrogen-bond donors (Lipinski definition) is 0. The lowest BCUT2D eigenvalue weighted by atomic mass is 10.1. The minimum absolute atomic E-state index is 1.10. The summed E-state index contributed by atoms with van der Waals surface area (Å²) in [7, 11) is 0. The summed E-state index contributed by atoms with van der Waals surface area (Å²) in [4.78, 5) is 0. The van der Waals surface area contributed by atoms with Crippen LogP contribution in [0, 0.1) is 0 Å². The molecule has 1 heteroatoms. The van der Waals surface area contributed by atoms with Crippen molar-refractivity contribution in [2.75, 3.05) is 0 Å². The Labute approximate surface area is 188 Å². The highest BCUT2D eigenvalue weighted by molar-refractivity contribution is 6.09. The Kier molecular flexibility index (Phi) is 4.58. The second-order valence-corrected chi connectivity index (χ2v) is 8.20. The SMILES string of the molecule is c1ccc(-n2c3ccccc3c3ccccc32)cc1.c1ccc2c(c1)Cc1ccccc1-2. The molecule has 1 aliphatic carbocycles. The minimum Gasteiger partial charge on any atom is -0.309 e. The fourth-order valence-corrected chi connectivity index (χ4v) is 4.86. The van der Waals surface area contributed by atoms with E-state index in [-0.39, 0.29) is 0 Å². The van der Waals surface area contributed by atoms with Crippen LogP contribution in [0.4, 0.5) is 0 Å². The maximum atomic E-state index is 2.32. The van der Waals surface area contributed by atoms with E-state index in [4.69, 9.17) is 0 Å². The molecule has 7 rings (SSSR count). The largest absolute Gasteiger partial charge is 0.309 e. The Morgan fingerprint density at radius 2 is 0.844 bits per heavy atom. The fraction of sp³-hybridized carbons (Fsp3) is 0.0323. The van der Waals surface area contributed by atoms with Gasteiger partial charge in [0.2, 0.25) is 0 Å². The fourth-order valence-electron chi connectivity index (χ4n) is 4.86. The van der Waals surface area contributed by atoms with Crippen LogP contribution in [0.15, 0.2) is 127 Å². The van der Waals surface area contributed by atoms with Crippen LogP contribution >= 0.6 is 0 Å². The molecule has 6 aromatic rings. The van der Waals surface area contributed by atoms with Crippen LogP contribution in [0.2, 0.25) is 0 Å². The summed E-state index contributed by atoms with van der Waals surface area (Å²) >= 11 is 0. The van der Waals surface area contributed by atoms with E-state index in [1.807, 2.05) is 0 Å². The second-order valence-electron chi connectivity index (χ2n) is 8.20. The summed E-state index contributed by atoms with van der Waals surface area (Å²) in [6, 6.07) is 45.0. The molecular formula is C31H23N. The highest BCUT2D eigenvalue weighted by Gasteiger charge is 2.16. The summed E-state index contributed by atoms with van der Waals surface area (Å²) in [5.41, 5.74) is 9.48. The Morgan fingerprint density at radius 1 is 0.406 bits per heavy atom. The van der Waals surface area contributed by atoms with E-state index < -0.39 is 0 Å². The van der Waals surface area contributed by atoms with Crippen molar-refractivity contribution in [1.82, 2.24) is 4.57 Å². The Hall–Kier alpha value is -4.10. The van der Waals surface area contributed by atoms with Gasteiger partial charge in [-0.1, -0.05) is 103 Å². The van der Waals surface area contributed by atoms with Crippen molar-refractivity contribution in [2.45, 2.75) is 6.42 Å². The molecule has 5 aromatic carbocycles. The molecule has 32 heavy (non-hydrogen) atoms. The quantitative estimate of drug-likeness (QED) is 0.258. The molecule has 1 nitrogen and oxygen atoms in total. The lowest BCUT2D eigenvalue weighted by molar-refractivity contribution is 1.18. The zero-order chi connectivity index (χ0) is 21.3. The van der Waals surface area contributed by atoms with E-state index in [0.29, 0.717) is 0 Å². The van der Waals surface area contributed by atoms with Crippen LogP contribution < -0.4 is 0 Å². The maximum absolute atomic E-state index is 2.32. The second kappa shape index (κ2) is 7.86. The number of fused-ring (bicyclic) bond motifs is 6. The van der Waals surface area contributed by atoms with Crippen LogP contribution in [0.5, 0.6) is 0 Å². The van der Waals surface area contributed by atoms with Crippen molar-refractivity contribution in [3.8, 4) is 16.8 Å². The monoisotopic (exact) mass is 409 g/mol. The molecule has 0 fully saturated rings. The van der Waals surface area contributed by atoms with Crippen molar-refractivity contribution in [1.29, 1.82) is 0 Å². The van der Waals surface area contributed by atoms with Gasteiger partial charge in [0.1, 0.15) is 0 Å². The topological polar surface area (TPSA) is 4.93 Å². The predicted octanol–water partition coefficient (Wildman–Crippen LogP) is 8.04. The van der Waals surface area contributed by atoms with E-state index in [2.05, 4.69) is 132 Å². The molecule has 1 heterocycles. The number of para-hydroxylation sites is 3. The number of rotatable bonds is 1. The normalized spacial score (nSPS) is 11.6. The number of benzene rings is 5. The van der Waals surface area contributed by atoms with E-state index >= 15 is 0 Å². The third-order valence-corrected chi connectivity index (χ3v) is 6.30. The van der Waals surface area contributed by atoms with Gasteiger partial charge in [-0.25, -0.2) is 0 Å². The van der Waals surface area contributed by atoms with E-state index in [1.54, 1.807) is 0 Å². The van der Waals surface area contributed by atoms with Gasteiger partial charge in [-0.05, 0) is 52.9 Å². The summed E-state index contributed by atoms with van der Waals surface area (Å²) < 4.78 is 2.32. The molecule has 0 radical (unpaired) electrons. The lowest BCUT2D eigenvalue weighted by Crippen LogP contribution is -1.92. The summed E-state index contributed by atoms with van der Waals surface area (Å²) in [6.45, 7) is 0. The molecule has 0 bridgehead atoms. The van der Waals surface area contributed by atoms with Gasteiger partial charge >= 0.3 is 0 Å². The first-order valence-corrected chi connectivity index (χ1v) is 11.1. The molecule has 0 unspecified atom stereocenters. The molecule has 0 atom stereocenters. The van der Waals surface area contributed by atoms with Gasteiger partial charge in [0.15, 0.2) is 0 Å². The van der Waals surface area contributed by atoms with Crippen LogP contribution in [-0.4, -0.2) is 4.57 Å². The number of aromatic nitrogens is 1. The Balaban J connectivity index is 0.000000131. The zero-order valence-electron chi connectivity index (χ0n) is 17.8. The first kappa shape index (κ1) is 18.7.